The maximum absolute atomic E-state index is 9.72. The molecular weight excluding hydrogens is 248 g/mol. The van der Waals surface area contributed by atoms with Crippen molar-refractivity contribution in [3.8, 4) is 0 Å². The zero-order chi connectivity index (χ0) is 14.6. The summed E-state index contributed by atoms with van der Waals surface area (Å²) in [5.41, 5.74) is 2.30. The second-order valence-corrected chi connectivity index (χ2v) is 6.24. The van der Waals surface area contributed by atoms with Crippen LogP contribution in [-0.2, 0) is 0 Å². The topological polar surface area (TPSA) is 48.0 Å². The lowest BCUT2D eigenvalue weighted by Gasteiger charge is -2.34. The Labute approximate surface area is 121 Å². The van der Waals surface area contributed by atoms with Crippen LogP contribution in [0.2, 0.25) is 0 Å². The van der Waals surface area contributed by atoms with E-state index in [1.54, 1.807) is 0 Å². The molecule has 0 radical (unpaired) electrons. The van der Waals surface area contributed by atoms with Gasteiger partial charge in [-0.1, -0.05) is 51.1 Å². The summed E-state index contributed by atoms with van der Waals surface area (Å²) in [5.74, 6) is 0. The second kappa shape index (κ2) is 6.25. The van der Waals surface area contributed by atoms with Crippen LogP contribution in [-0.4, -0.2) is 16.7 Å². The molecule has 0 amide bonds. The fraction of sp³-hybridized carbons (Fsp3) is 0.412. The molecule has 0 spiro atoms. The van der Waals surface area contributed by atoms with Gasteiger partial charge in [-0.15, -0.1) is 0 Å². The van der Waals surface area contributed by atoms with Gasteiger partial charge in [0.25, 0.3) is 0 Å². The standard InChI is InChI=1S/C17H24N2O/c1-17(2,3)16(14-10-7-11-18-14)19-15(12-20)13-8-5-4-6-9-13/h4-11,15-16,18-20H,12H2,1-3H3/t15-,16+/m1/s1. The fourth-order valence-electron chi connectivity index (χ4n) is 2.47. The van der Waals surface area contributed by atoms with Gasteiger partial charge in [-0.2, -0.15) is 0 Å². The highest BCUT2D eigenvalue weighted by atomic mass is 16.3. The number of benzene rings is 1. The Hall–Kier alpha value is -1.58. The van der Waals surface area contributed by atoms with E-state index in [0.717, 1.165) is 11.3 Å². The summed E-state index contributed by atoms with van der Waals surface area (Å²) in [6, 6.07) is 14.3. The molecule has 3 N–H and O–H groups in total. The minimum Gasteiger partial charge on any atom is -0.394 e. The SMILES string of the molecule is CC(C)(C)[C@@H](N[C@H](CO)c1ccccc1)c1ccc[nH]1. The number of nitrogens with one attached hydrogen (secondary N) is 2. The van der Waals surface area contributed by atoms with Crippen molar-refractivity contribution < 1.29 is 5.11 Å². The molecule has 0 fully saturated rings. The molecule has 3 nitrogen and oxygen atoms in total. The normalized spacial score (nSPS) is 15.0. The summed E-state index contributed by atoms with van der Waals surface area (Å²) in [6.45, 7) is 6.68. The van der Waals surface area contributed by atoms with Crippen molar-refractivity contribution in [2.24, 2.45) is 5.41 Å². The van der Waals surface area contributed by atoms with E-state index in [9.17, 15) is 5.11 Å². The molecule has 1 aromatic heterocycles. The fourth-order valence-corrected chi connectivity index (χ4v) is 2.47. The lowest BCUT2D eigenvalue weighted by atomic mass is 9.84. The summed E-state index contributed by atoms with van der Waals surface area (Å²) >= 11 is 0. The highest BCUT2D eigenvalue weighted by Gasteiger charge is 2.29. The monoisotopic (exact) mass is 272 g/mol. The van der Waals surface area contributed by atoms with Crippen molar-refractivity contribution in [2.45, 2.75) is 32.9 Å². The van der Waals surface area contributed by atoms with Gasteiger partial charge in [0.2, 0.25) is 0 Å². The Balaban J connectivity index is 2.23. The molecule has 2 aromatic rings. The minimum absolute atomic E-state index is 0.0487. The average Bonchev–Trinajstić information content (AvgIpc) is 2.93. The zero-order valence-electron chi connectivity index (χ0n) is 12.4. The van der Waals surface area contributed by atoms with Crippen LogP contribution in [0.5, 0.6) is 0 Å². The third-order valence-corrected chi connectivity index (χ3v) is 3.55. The first kappa shape index (κ1) is 14.8. The molecular formula is C17H24N2O. The lowest BCUT2D eigenvalue weighted by molar-refractivity contribution is 0.189. The molecule has 1 aromatic carbocycles. The smallest absolute Gasteiger partial charge is 0.0626 e. The van der Waals surface area contributed by atoms with Crippen molar-refractivity contribution in [1.29, 1.82) is 0 Å². The molecule has 0 aliphatic carbocycles. The van der Waals surface area contributed by atoms with E-state index in [0.29, 0.717) is 0 Å². The number of aromatic nitrogens is 1. The summed E-state index contributed by atoms with van der Waals surface area (Å²) < 4.78 is 0. The number of hydrogen-bond acceptors (Lipinski definition) is 2. The van der Waals surface area contributed by atoms with Gasteiger partial charge in [0.05, 0.1) is 18.7 Å². The molecule has 108 valence electrons. The maximum atomic E-state index is 9.72. The van der Waals surface area contributed by atoms with Gasteiger partial charge in [0.1, 0.15) is 0 Å². The van der Waals surface area contributed by atoms with Crippen LogP contribution in [0.15, 0.2) is 48.7 Å². The number of hydrogen-bond donors (Lipinski definition) is 3. The van der Waals surface area contributed by atoms with Gasteiger partial charge in [-0.3, -0.25) is 5.32 Å². The van der Waals surface area contributed by atoms with Gasteiger partial charge >= 0.3 is 0 Å². The molecule has 3 heteroatoms. The van der Waals surface area contributed by atoms with Crippen LogP contribution in [0.25, 0.3) is 0 Å². The lowest BCUT2D eigenvalue weighted by Crippen LogP contribution is -2.36. The van der Waals surface area contributed by atoms with Crippen molar-refractivity contribution in [3.63, 3.8) is 0 Å². The number of aromatic amines is 1. The van der Waals surface area contributed by atoms with Gasteiger partial charge in [-0.25, -0.2) is 0 Å². The largest absolute Gasteiger partial charge is 0.394 e. The van der Waals surface area contributed by atoms with E-state index in [1.165, 1.54) is 0 Å². The van der Waals surface area contributed by atoms with Gasteiger partial charge in [0, 0.05) is 11.9 Å². The van der Waals surface area contributed by atoms with Gasteiger partial charge in [0.15, 0.2) is 0 Å². The van der Waals surface area contributed by atoms with Gasteiger partial charge in [-0.05, 0) is 23.1 Å². The van der Waals surface area contributed by atoms with Crippen LogP contribution >= 0.6 is 0 Å². The van der Waals surface area contributed by atoms with E-state index < -0.39 is 0 Å². The van der Waals surface area contributed by atoms with Crippen molar-refractivity contribution >= 4 is 0 Å². The highest BCUT2D eigenvalue weighted by Crippen LogP contribution is 2.34. The predicted molar refractivity (Wildman–Crippen MR) is 82.4 cm³/mol. The maximum Gasteiger partial charge on any atom is 0.0626 e. The molecule has 0 unspecified atom stereocenters. The molecule has 0 saturated heterocycles. The van der Waals surface area contributed by atoms with E-state index in [-0.39, 0.29) is 24.1 Å². The Morgan fingerprint density at radius 2 is 1.80 bits per heavy atom. The van der Waals surface area contributed by atoms with Crippen molar-refractivity contribution in [3.05, 3.63) is 59.9 Å². The summed E-state index contributed by atoms with van der Waals surface area (Å²) in [6.07, 6.45) is 1.94. The van der Waals surface area contributed by atoms with Crippen molar-refractivity contribution in [2.75, 3.05) is 6.61 Å². The quantitative estimate of drug-likeness (QED) is 0.781. The number of H-pyrrole nitrogens is 1. The first-order valence-electron chi connectivity index (χ1n) is 7.07. The summed E-state index contributed by atoms with van der Waals surface area (Å²) in [5, 5.41) is 13.3. The Kier molecular flexibility index (Phi) is 4.63. The molecule has 2 rings (SSSR count). The van der Waals surface area contributed by atoms with E-state index >= 15 is 0 Å². The minimum atomic E-state index is -0.0660. The highest BCUT2D eigenvalue weighted by molar-refractivity contribution is 5.21. The molecule has 0 bridgehead atoms. The first-order valence-corrected chi connectivity index (χ1v) is 7.07. The zero-order valence-corrected chi connectivity index (χ0v) is 12.4. The molecule has 0 saturated carbocycles. The first-order chi connectivity index (χ1) is 9.52. The molecule has 0 aliphatic rings. The van der Waals surface area contributed by atoms with Crippen LogP contribution < -0.4 is 5.32 Å². The number of aliphatic hydroxyl groups excluding tert-OH is 1. The third-order valence-electron chi connectivity index (χ3n) is 3.55. The molecule has 0 aliphatic heterocycles. The van der Waals surface area contributed by atoms with E-state index in [1.807, 2.05) is 42.6 Å². The second-order valence-electron chi connectivity index (χ2n) is 6.24. The van der Waals surface area contributed by atoms with E-state index in [4.69, 9.17) is 0 Å². The summed E-state index contributed by atoms with van der Waals surface area (Å²) in [7, 11) is 0. The number of aliphatic hydroxyl groups is 1. The Bertz CT molecular complexity index is 500. The van der Waals surface area contributed by atoms with Crippen LogP contribution in [0.1, 0.15) is 44.1 Å². The molecule has 2 atom stereocenters. The van der Waals surface area contributed by atoms with Crippen LogP contribution in [0, 0.1) is 5.41 Å². The van der Waals surface area contributed by atoms with Crippen molar-refractivity contribution in [1.82, 2.24) is 10.3 Å². The predicted octanol–water partition coefficient (Wildman–Crippen LogP) is 3.43. The summed E-state index contributed by atoms with van der Waals surface area (Å²) in [4.78, 5) is 3.28. The van der Waals surface area contributed by atoms with Crippen LogP contribution in [0.3, 0.4) is 0 Å². The number of rotatable bonds is 5. The third kappa shape index (κ3) is 3.50. The Morgan fingerprint density at radius 1 is 1.10 bits per heavy atom. The molecule has 20 heavy (non-hydrogen) atoms. The van der Waals surface area contributed by atoms with Crippen LogP contribution in [0.4, 0.5) is 0 Å². The average molecular weight is 272 g/mol. The van der Waals surface area contributed by atoms with E-state index in [2.05, 4.69) is 37.1 Å². The Morgan fingerprint density at radius 3 is 2.30 bits per heavy atom. The van der Waals surface area contributed by atoms with Gasteiger partial charge < -0.3 is 10.1 Å². The molecule has 1 heterocycles.